The number of aromatic hydroxyl groups is 2. The maximum absolute atomic E-state index is 12.0. The van der Waals surface area contributed by atoms with Gasteiger partial charge in [0.2, 0.25) is 6.43 Å². The third-order valence-corrected chi connectivity index (χ3v) is 1.85. The number of halogens is 2. The third kappa shape index (κ3) is 2.56. The molecule has 0 heterocycles. The topological polar surface area (TPSA) is 66.5 Å². The van der Waals surface area contributed by atoms with Crippen LogP contribution in [0.3, 0.4) is 0 Å². The summed E-state index contributed by atoms with van der Waals surface area (Å²) in [6.45, 7) is 0. The van der Waals surface area contributed by atoms with Crippen molar-refractivity contribution >= 4 is 0 Å². The largest absolute Gasteiger partial charge is 0.508 e. The fourth-order valence-corrected chi connectivity index (χ4v) is 1.16. The highest BCUT2D eigenvalue weighted by atomic mass is 19.3. The summed E-state index contributed by atoms with van der Waals surface area (Å²) >= 11 is 0. The van der Waals surface area contributed by atoms with Gasteiger partial charge < -0.3 is 15.9 Å². The van der Waals surface area contributed by atoms with E-state index in [0.717, 1.165) is 6.07 Å². The summed E-state index contributed by atoms with van der Waals surface area (Å²) in [5.74, 6) is -0.395. The maximum atomic E-state index is 12.0. The van der Waals surface area contributed by atoms with Crippen molar-refractivity contribution in [2.45, 2.75) is 18.9 Å². The van der Waals surface area contributed by atoms with Crippen molar-refractivity contribution in [1.82, 2.24) is 0 Å². The van der Waals surface area contributed by atoms with Crippen molar-refractivity contribution < 1.29 is 19.0 Å². The van der Waals surface area contributed by atoms with Gasteiger partial charge in [-0.15, -0.1) is 0 Å². The molecule has 0 aliphatic rings. The monoisotopic (exact) mass is 203 g/mol. The minimum atomic E-state index is -2.52. The normalized spacial score (nSPS) is 13.1. The van der Waals surface area contributed by atoms with Crippen molar-refractivity contribution in [3.63, 3.8) is 0 Å². The number of nitrogens with two attached hydrogens (primary N) is 1. The second-order valence-electron chi connectivity index (χ2n) is 2.98. The SMILES string of the molecule is N[C@@H](CC(F)F)c1ccc(O)cc1O. The van der Waals surface area contributed by atoms with Crippen LogP contribution in [-0.2, 0) is 0 Å². The molecule has 0 fully saturated rings. The van der Waals surface area contributed by atoms with Gasteiger partial charge in [0.1, 0.15) is 11.5 Å². The summed E-state index contributed by atoms with van der Waals surface area (Å²) in [5, 5.41) is 18.2. The molecule has 0 aliphatic heterocycles. The Morgan fingerprint density at radius 1 is 1.29 bits per heavy atom. The van der Waals surface area contributed by atoms with Crippen LogP contribution in [-0.4, -0.2) is 16.6 Å². The first-order valence-corrected chi connectivity index (χ1v) is 4.06. The van der Waals surface area contributed by atoms with E-state index in [4.69, 9.17) is 10.8 Å². The van der Waals surface area contributed by atoms with Gasteiger partial charge in [-0.1, -0.05) is 6.07 Å². The van der Waals surface area contributed by atoms with Crippen molar-refractivity contribution in [2.75, 3.05) is 0 Å². The summed E-state index contributed by atoms with van der Waals surface area (Å²) in [6, 6.07) is 2.77. The number of benzene rings is 1. The lowest BCUT2D eigenvalue weighted by Gasteiger charge is -2.12. The molecule has 4 N–H and O–H groups in total. The lowest BCUT2D eigenvalue weighted by Crippen LogP contribution is -2.13. The Kier molecular flexibility index (Phi) is 3.24. The Bertz CT molecular complexity index is 318. The lowest BCUT2D eigenvalue weighted by atomic mass is 10.0. The van der Waals surface area contributed by atoms with Crippen LogP contribution in [0.5, 0.6) is 11.5 Å². The van der Waals surface area contributed by atoms with Crippen LogP contribution >= 0.6 is 0 Å². The van der Waals surface area contributed by atoms with Gasteiger partial charge in [0.15, 0.2) is 0 Å². The maximum Gasteiger partial charge on any atom is 0.240 e. The van der Waals surface area contributed by atoms with Crippen molar-refractivity contribution in [2.24, 2.45) is 5.73 Å². The number of hydrogen-bond donors (Lipinski definition) is 3. The number of rotatable bonds is 3. The number of alkyl halides is 2. The Labute approximate surface area is 79.8 Å². The van der Waals surface area contributed by atoms with E-state index in [-0.39, 0.29) is 17.1 Å². The van der Waals surface area contributed by atoms with E-state index in [2.05, 4.69) is 0 Å². The second kappa shape index (κ2) is 4.23. The Morgan fingerprint density at radius 2 is 1.93 bits per heavy atom. The van der Waals surface area contributed by atoms with E-state index >= 15 is 0 Å². The van der Waals surface area contributed by atoms with Crippen LogP contribution in [0.15, 0.2) is 18.2 Å². The van der Waals surface area contributed by atoms with Gasteiger partial charge in [0.05, 0.1) is 0 Å². The van der Waals surface area contributed by atoms with E-state index in [1.54, 1.807) is 0 Å². The molecule has 0 saturated heterocycles. The summed E-state index contributed by atoms with van der Waals surface area (Å²) < 4.78 is 23.9. The molecule has 0 saturated carbocycles. The highest BCUT2D eigenvalue weighted by Gasteiger charge is 2.16. The van der Waals surface area contributed by atoms with Crippen LogP contribution < -0.4 is 5.73 Å². The minimum absolute atomic E-state index is 0.129. The molecule has 1 aromatic rings. The first-order valence-electron chi connectivity index (χ1n) is 4.06. The molecule has 3 nitrogen and oxygen atoms in total. The highest BCUT2D eigenvalue weighted by molar-refractivity contribution is 5.40. The van der Waals surface area contributed by atoms with Gasteiger partial charge in [-0.3, -0.25) is 0 Å². The zero-order valence-corrected chi connectivity index (χ0v) is 7.32. The summed E-state index contributed by atoms with van der Waals surface area (Å²) in [4.78, 5) is 0. The van der Waals surface area contributed by atoms with Crippen molar-refractivity contribution in [1.29, 1.82) is 0 Å². The number of hydrogen-bond acceptors (Lipinski definition) is 3. The molecule has 1 aromatic carbocycles. The Morgan fingerprint density at radius 3 is 2.43 bits per heavy atom. The molecule has 1 atom stereocenters. The van der Waals surface area contributed by atoms with Crippen LogP contribution in [0.1, 0.15) is 18.0 Å². The predicted molar refractivity (Wildman–Crippen MR) is 47.3 cm³/mol. The molecule has 5 heteroatoms. The molecule has 14 heavy (non-hydrogen) atoms. The zero-order chi connectivity index (χ0) is 10.7. The fraction of sp³-hybridized carbons (Fsp3) is 0.333. The van der Waals surface area contributed by atoms with Gasteiger partial charge in [-0.25, -0.2) is 8.78 Å². The lowest BCUT2D eigenvalue weighted by molar-refractivity contribution is 0.128. The van der Waals surface area contributed by atoms with Gasteiger partial charge in [-0.05, 0) is 6.07 Å². The summed E-state index contributed by atoms with van der Waals surface area (Å²) in [5.41, 5.74) is 5.64. The summed E-state index contributed by atoms with van der Waals surface area (Å²) in [6.07, 6.45) is -3.03. The van der Waals surface area contributed by atoms with Gasteiger partial charge in [-0.2, -0.15) is 0 Å². The van der Waals surface area contributed by atoms with Gasteiger partial charge in [0.25, 0.3) is 0 Å². The molecule has 78 valence electrons. The smallest absolute Gasteiger partial charge is 0.240 e. The molecule has 1 rings (SSSR count). The van der Waals surface area contributed by atoms with E-state index in [1.165, 1.54) is 12.1 Å². The van der Waals surface area contributed by atoms with Crippen LogP contribution in [0.25, 0.3) is 0 Å². The molecule has 0 aromatic heterocycles. The zero-order valence-electron chi connectivity index (χ0n) is 7.32. The van der Waals surface area contributed by atoms with Crippen molar-refractivity contribution in [3.8, 4) is 11.5 Å². The molecule has 0 amide bonds. The predicted octanol–water partition coefficient (Wildman–Crippen LogP) is 1.75. The summed E-state index contributed by atoms with van der Waals surface area (Å²) in [7, 11) is 0. The first kappa shape index (κ1) is 10.7. The van der Waals surface area contributed by atoms with Gasteiger partial charge >= 0.3 is 0 Å². The highest BCUT2D eigenvalue weighted by Crippen LogP contribution is 2.29. The standard InChI is InChI=1S/C9H11F2NO2/c10-9(11)4-7(12)6-2-1-5(13)3-8(6)14/h1-3,7,9,13-14H,4,12H2/t7-/m0/s1. The molecule has 0 bridgehead atoms. The molecular weight excluding hydrogens is 192 g/mol. The number of phenolic OH excluding ortho intramolecular Hbond substituents is 2. The van der Waals surface area contributed by atoms with E-state index in [0.29, 0.717) is 0 Å². The first-order chi connectivity index (χ1) is 6.50. The van der Waals surface area contributed by atoms with Crippen LogP contribution in [0.4, 0.5) is 8.78 Å². The van der Waals surface area contributed by atoms with Crippen LogP contribution in [0.2, 0.25) is 0 Å². The average molecular weight is 203 g/mol. The Balaban J connectivity index is 2.84. The van der Waals surface area contributed by atoms with E-state index in [9.17, 15) is 13.9 Å². The molecule has 0 unspecified atom stereocenters. The van der Waals surface area contributed by atoms with E-state index in [1.807, 2.05) is 0 Å². The fourth-order valence-electron chi connectivity index (χ4n) is 1.16. The number of phenols is 2. The third-order valence-electron chi connectivity index (χ3n) is 1.85. The second-order valence-corrected chi connectivity index (χ2v) is 2.98. The van der Waals surface area contributed by atoms with Gasteiger partial charge in [0, 0.05) is 24.1 Å². The quantitative estimate of drug-likeness (QED) is 0.701. The average Bonchev–Trinajstić information content (AvgIpc) is 2.01. The van der Waals surface area contributed by atoms with Crippen LogP contribution in [0, 0.1) is 0 Å². The molecule has 0 radical (unpaired) electrons. The molecule has 0 aliphatic carbocycles. The Hall–Kier alpha value is -1.36. The molecule has 0 spiro atoms. The molecular formula is C9H11F2NO2. The van der Waals surface area contributed by atoms with Crippen molar-refractivity contribution in [3.05, 3.63) is 23.8 Å². The minimum Gasteiger partial charge on any atom is -0.508 e. The van der Waals surface area contributed by atoms with E-state index < -0.39 is 18.9 Å².